The summed E-state index contributed by atoms with van der Waals surface area (Å²) in [6, 6.07) is 5.70. The second-order valence-electron chi connectivity index (χ2n) is 9.10. The first-order valence-electron chi connectivity index (χ1n) is 12.3. The number of pyridine rings is 2. The van der Waals surface area contributed by atoms with Gasteiger partial charge in [0, 0.05) is 53.4 Å². The van der Waals surface area contributed by atoms with Crippen molar-refractivity contribution >= 4 is 40.1 Å². The van der Waals surface area contributed by atoms with Crippen LogP contribution in [0.2, 0.25) is 0 Å². The van der Waals surface area contributed by atoms with Gasteiger partial charge in [-0.05, 0) is 43.7 Å². The number of thiazole rings is 1. The lowest BCUT2D eigenvalue weighted by Crippen LogP contribution is -2.28. The first kappa shape index (κ1) is 27.3. The normalized spacial score (nSPS) is 15.3. The zero-order chi connectivity index (χ0) is 28.6. The molecule has 4 N–H and O–H groups in total. The van der Waals surface area contributed by atoms with E-state index in [9.17, 15) is 32.7 Å². The lowest BCUT2D eigenvalue weighted by atomic mass is 9.99. The quantitative estimate of drug-likeness (QED) is 0.265. The van der Waals surface area contributed by atoms with Crippen molar-refractivity contribution in [3.8, 4) is 21.7 Å². The van der Waals surface area contributed by atoms with E-state index in [1.54, 1.807) is 23.6 Å². The van der Waals surface area contributed by atoms with E-state index in [0.717, 1.165) is 29.7 Å². The van der Waals surface area contributed by atoms with Gasteiger partial charge in [0.25, 0.3) is 0 Å². The second-order valence-corrected chi connectivity index (χ2v) is 9.96. The topological polar surface area (TPSA) is 138 Å². The van der Waals surface area contributed by atoms with Crippen LogP contribution in [-0.2, 0) is 6.18 Å². The number of carboxylic acid groups (broad SMARTS) is 1. The molecule has 4 heterocycles. The molecule has 0 spiro atoms. The summed E-state index contributed by atoms with van der Waals surface area (Å²) in [6.45, 7) is 3.43. The molecule has 2 amide bonds. The van der Waals surface area contributed by atoms with Gasteiger partial charge >= 0.3 is 18.2 Å². The molecule has 4 aromatic rings. The number of aromatic nitrogens is 3. The number of alkyl halides is 3. The Morgan fingerprint density at radius 2 is 2.05 bits per heavy atom. The van der Waals surface area contributed by atoms with Gasteiger partial charge < -0.3 is 20.3 Å². The molecule has 0 saturated carbocycles. The Labute approximate surface area is 228 Å². The number of halogens is 3. The van der Waals surface area contributed by atoms with Gasteiger partial charge in [-0.1, -0.05) is 6.07 Å². The Morgan fingerprint density at radius 3 is 2.70 bits per heavy atom. The number of amides is 2. The van der Waals surface area contributed by atoms with Crippen LogP contribution in [0, 0.1) is 0 Å². The fraction of sp³-hybridized carbons (Fsp3) is 0.269. The summed E-state index contributed by atoms with van der Waals surface area (Å²) >= 11 is 0.771. The predicted octanol–water partition coefficient (Wildman–Crippen LogP) is 4.58. The molecule has 1 aliphatic heterocycles. The number of nitrogens with one attached hydrogen (secondary N) is 3. The maximum atomic E-state index is 13.3. The van der Waals surface area contributed by atoms with E-state index in [-0.39, 0.29) is 33.4 Å². The van der Waals surface area contributed by atoms with Crippen molar-refractivity contribution < 1.29 is 27.9 Å². The number of aromatic carboxylic acids is 1. The summed E-state index contributed by atoms with van der Waals surface area (Å²) < 4.78 is 41.8. The van der Waals surface area contributed by atoms with Gasteiger partial charge in [0.1, 0.15) is 16.4 Å². The smallest absolute Gasteiger partial charge is 0.434 e. The predicted molar refractivity (Wildman–Crippen MR) is 144 cm³/mol. The summed E-state index contributed by atoms with van der Waals surface area (Å²) in [7, 11) is 0. The van der Waals surface area contributed by atoms with E-state index in [4.69, 9.17) is 0 Å². The Morgan fingerprint density at radius 1 is 1.25 bits per heavy atom. The molecule has 14 heteroatoms. The number of anilines is 1. The van der Waals surface area contributed by atoms with Crippen LogP contribution >= 0.6 is 11.3 Å². The van der Waals surface area contributed by atoms with Gasteiger partial charge in [-0.15, -0.1) is 11.3 Å². The molecule has 0 radical (unpaired) electrons. The van der Waals surface area contributed by atoms with E-state index in [1.165, 1.54) is 24.5 Å². The summed E-state index contributed by atoms with van der Waals surface area (Å²) in [5, 5.41) is 19.1. The zero-order valence-corrected chi connectivity index (χ0v) is 21.8. The number of carbonyl (C=O) groups excluding carboxylic acids is 1. The number of urea groups is 1. The van der Waals surface area contributed by atoms with Crippen molar-refractivity contribution in [1.82, 2.24) is 25.2 Å². The van der Waals surface area contributed by atoms with Crippen LogP contribution in [0.4, 0.5) is 23.8 Å². The number of carboxylic acids is 1. The SMILES string of the molecule is CCNC(=O)Nc1cc(-c2nc(C(F)(F)F)cs2)c(-c2ccc3c(c2)c(=O)c(C(=O)O)cn3C2CCNC2)cn1. The second kappa shape index (κ2) is 10.7. The summed E-state index contributed by atoms with van der Waals surface area (Å²) in [5.74, 6) is -1.28. The number of carbonyl (C=O) groups is 2. The summed E-state index contributed by atoms with van der Waals surface area (Å²) in [5.41, 5.74) is -0.581. The van der Waals surface area contributed by atoms with Crippen LogP contribution in [0.1, 0.15) is 35.4 Å². The molecule has 208 valence electrons. The third kappa shape index (κ3) is 5.27. The van der Waals surface area contributed by atoms with Gasteiger partial charge in [-0.2, -0.15) is 13.2 Å². The van der Waals surface area contributed by atoms with Gasteiger partial charge in [0.05, 0.1) is 5.52 Å². The molecule has 5 rings (SSSR count). The molecule has 1 aromatic carbocycles. The monoisotopic (exact) mass is 572 g/mol. The summed E-state index contributed by atoms with van der Waals surface area (Å²) in [6.07, 6.45) is -1.18. The Balaban J connectivity index is 1.69. The Hall–Kier alpha value is -4.30. The highest BCUT2D eigenvalue weighted by molar-refractivity contribution is 7.13. The van der Waals surface area contributed by atoms with Crippen molar-refractivity contribution in [3.63, 3.8) is 0 Å². The van der Waals surface area contributed by atoms with Gasteiger partial charge in [0.2, 0.25) is 5.43 Å². The first-order chi connectivity index (χ1) is 19.1. The Bertz CT molecular complexity index is 1680. The lowest BCUT2D eigenvalue weighted by molar-refractivity contribution is -0.140. The minimum atomic E-state index is -4.65. The van der Waals surface area contributed by atoms with Gasteiger partial charge in [0.15, 0.2) is 5.69 Å². The van der Waals surface area contributed by atoms with Crippen molar-refractivity contribution in [1.29, 1.82) is 0 Å². The molecular formula is C26H23F3N6O4S. The molecule has 10 nitrogen and oxygen atoms in total. The van der Waals surface area contributed by atoms with E-state index in [0.29, 0.717) is 29.7 Å². The van der Waals surface area contributed by atoms with E-state index in [2.05, 4.69) is 25.9 Å². The molecule has 0 aliphatic carbocycles. The maximum absolute atomic E-state index is 13.3. The van der Waals surface area contributed by atoms with Crippen molar-refractivity contribution in [2.75, 3.05) is 25.0 Å². The number of hydrogen-bond donors (Lipinski definition) is 4. The highest BCUT2D eigenvalue weighted by atomic mass is 32.1. The summed E-state index contributed by atoms with van der Waals surface area (Å²) in [4.78, 5) is 45.2. The maximum Gasteiger partial charge on any atom is 0.434 e. The third-order valence-corrected chi connectivity index (χ3v) is 7.38. The first-order valence-corrected chi connectivity index (χ1v) is 13.2. The van der Waals surface area contributed by atoms with Crippen molar-refractivity contribution in [2.45, 2.75) is 25.6 Å². The average Bonchev–Trinajstić information content (AvgIpc) is 3.62. The molecular weight excluding hydrogens is 549 g/mol. The lowest BCUT2D eigenvalue weighted by Gasteiger charge is -2.19. The zero-order valence-electron chi connectivity index (χ0n) is 21.0. The number of fused-ring (bicyclic) bond motifs is 1. The van der Waals surface area contributed by atoms with Crippen LogP contribution in [0.5, 0.6) is 0 Å². The standard InChI is InChI=1S/C26H23F3N6O4S/c1-2-31-25(39)34-21-8-15(23-33-20(12-40-23)26(27,28)29)17(10-32-21)13-3-4-19-16(7-13)22(36)18(24(37)38)11-35(19)14-5-6-30-9-14/h3-4,7-8,10-12,14,30H,2,5-6,9H2,1H3,(H,37,38)(H2,31,32,34,39). The van der Waals surface area contributed by atoms with Crippen LogP contribution < -0.4 is 21.4 Å². The number of benzene rings is 1. The van der Waals surface area contributed by atoms with Gasteiger partial charge in [-0.3, -0.25) is 10.1 Å². The molecule has 1 fully saturated rings. The van der Waals surface area contributed by atoms with Crippen molar-refractivity contribution in [3.05, 3.63) is 63.5 Å². The molecule has 0 bridgehead atoms. The Kier molecular flexibility index (Phi) is 7.29. The molecule has 40 heavy (non-hydrogen) atoms. The van der Waals surface area contributed by atoms with E-state index < -0.39 is 29.3 Å². The minimum Gasteiger partial charge on any atom is -0.477 e. The van der Waals surface area contributed by atoms with Crippen molar-refractivity contribution in [2.24, 2.45) is 0 Å². The highest BCUT2D eigenvalue weighted by Crippen LogP contribution is 2.39. The minimum absolute atomic E-state index is 0.0255. The van der Waals surface area contributed by atoms with E-state index >= 15 is 0 Å². The number of rotatable bonds is 6. The van der Waals surface area contributed by atoms with Crippen LogP contribution in [-0.4, -0.2) is 51.3 Å². The van der Waals surface area contributed by atoms with Crippen LogP contribution in [0.3, 0.4) is 0 Å². The molecule has 3 aromatic heterocycles. The van der Waals surface area contributed by atoms with Crippen LogP contribution in [0.25, 0.3) is 32.6 Å². The number of hydrogen-bond acceptors (Lipinski definition) is 7. The largest absolute Gasteiger partial charge is 0.477 e. The average molecular weight is 573 g/mol. The van der Waals surface area contributed by atoms with Gasteiger partial charge in [-0.25, -0.2) is 19.6 Å². The number of nitrogens with zero attached hydrogens (tertiary/aromatic N) is 3. The molecule has 1 saturated heterocycles. The fourth-order valence-electron chi connectivity index (χ4n) is 4.63. The molecule has 1 atom stereocenters. The molecule has 1 unspecified atom stereocenters. The van der Waals surface area contributed by atoms with Crippen LogP contribution in [0.15, 0.2) is 46.8 Å². The van der Waals surface area contributed by atoms with E-state index in [1.807, 2.05) is 0 Å². The fourth-order valence-corrected chi connectivity index (χ4v) is 5.49. The third-order valence-electron chi connectivity index (χ3n) is 6.51. The molecule has 1 aliphatic rings. The highest BCUT2D eigenvalue weighted by Gasteiger charge is 2.34.